The van der Waals surface area contributed by atoms with Crippen molar-refractivity contribution in [1.82, 2.24) is 25.6 Å². The zero-order valence-corrected chi connectivity index (χ0v) is 19.8. The Bertz CT molecular complexity index is 1260. The van der Waals surface area contributed by atoms with Crippen LogP contribution in [0.4, 0.5) is 0 Å². The molecule has 4 aromatic rings. The third-order valence-corrected chi connectivity index (χ3v) is 6.90. The van der Waals surface area contributed by atoms with E-state index in [0.717, 1.165) is 57.8 Å². The molecule has 2 aromatic carbocycles. The minimum absolute atomic E-state index is 0. The molecule has 0 amide bonds. The number of hydrogen-bond acceptors (Lipinski definition) is 6. The van der Waals surface area contributed by atoms with Gasteiger partial charge in [0.1, 0.15) is 12.4 Å². The molecule has 5 rings (SSSR count). The highest BCUT2D eigenvalue weighted by Crippen LogP contribution is 2.31. The summed E-state index contributed by atoms with van der Waals surface area (Å²) >= 11 is 0. The number of nitrogens with one attached hydrogen (secondary N) is 1. The first-order chi connectivity index (χ1) is 15.7. The maximum absolute atomic E-state index is 12.1. The number of pyridine rings is 1. The van der Waals surface area contributed by atoms with Crippen molar-refractivity contribution in [3.05, 3.63) is 77.1 Å². The fourth-order valence-electron chi connectivity index (χ4n) is 3.92. The molecule has 0 fully saturated rings. The second-order valence-electron chi connectivity index (χ2n) is 7.70. The van der Waals surface area contributed by atoms with Crippen LogP contribution < -0.4 is 4.74 Å². The summed E-state index contributed by atoms with van der Waals surface area (Å²) in [6, 6.07) is 18.3. The van der Waals surface area contributed by atoms with Crippen LogP contribution in [0.3, 0.4) is 0 Å². The molecule has 0 saturated carbocycles. The van der Waals surface area contributed by atoms with Crippen LogP contribution in [-0.2, 0) is 36.0 Å². The van der Waals surface area contributed by atoms with Crippen molar-refractivity contribution >= 4 is 23.2 Å². The first-order valence-corrected chi connectivity index (χ1v) is 12.1. The van der Waals surface area contributed by atoms with E-state index < -0.39 is 10.8 Å². The molecule has 9 heteroatoms. The summed E-state index contributed by atoms with van der Waals surface area (Å²) in [4.78, 5) is 4.73. The molecular weight excluding hydrogens is 458 g/mol. The van der Waals surface area contributed by atoms with Crippen molar-refractivity contribution in [3.63, 3.8) is 0 Å². The summed E-state index contributed by atoms with van der Waals surface area (Å²) in [5, 5.41) is 14.4. The average molecular weight is 482 g/mol. The van der Waals surface area contributed by atoms with Crippen molar-refractivity contribution in [1.29, 1.82) is 0 Å². The molecule has 0 bridgehead atoms. The van der Waals surface area contributed by atoms with Gasteiger partial charge < -0.3 is 4.74 Å². The van der Waals surface area contributed by atoms with Crippen LogP contribution in [0, 0.1) is 0 Å². The van der Waals surface area contributed by atoms with E-state index in [1.54, 1.807) is 0 Å². The maximum Gasteiger partial charge on any atom is 0.205 e. The fraction of sp³-hybridized carbons (Fsp3) is 0.250. The number of ether oxygens (including phenoxy) is 1. The lowest BCUT2D eigenvalue weighted by Gasteiger charge is -2.20. The van der Waals surface area contributed by atoms with Gasteiger partial charge in [-0.25, -0.2) is 0 Å². The van der Waals surface area contributed by atoms with Crippen molar-refractivity contribution in [2.75, 3.05) is 5.75 Å². The van der Waals surface area contributed by atoms with E-state index in [2.05, 4.69) is 51.8 Å². The Hall–Kier alpha value is -3.10. The summed E-state index contributed by atoms with van der Waals surface area (Å²) in [5.41, 5.74) is 7.14. The highest BCUT2D eigenvalue weighted by molar-refractivity contribution is 7.84. The minimum atomic E-state index is -0.845. The molecule has 1 aliphatic rings. The van der Waals surface area contributed by atoms with Crippen LogP contribution in [0.25, 0.3) is 22.5 Å². The Morgan fingerprint density at radius 2 is 1.88 bits per heavy atom. The number of nitrogens with zero attached hydrogens (tertiary/aromatic N) is 4. The second-order valence-corrected chi connectivity index (χ2v) is 9.27. The van der Waals surface area contributed by atoms with Gasteiger partial charge in [0.2, 0.25) is 5.82 Å². The number of aromatic amines is 1. The molecule has 170 valence electrons. The van der Waals surface area contributed by atoms with Crippen LogP contribution >= 0.6 is 12.4 Å². The van der Waals surface area contributed by atoms with Crippen molar-refractivity contribution in [2.24, 2.45) is 0 Å². The zero-order valence-electron chi connectivity index (χ0n) is 18.2. The monoisotopic (exact) mass is 481 g/mol. The molecule has 0 spiro atoms. The number of aryl methyl sites for hydroxylation is 2. The molecule has 0 radical (unpaired) electrons. The van der Waals surface area contributed by atoms with Crippen LogP contribution in [-0.4, -0.2) is 35.6 Å². The molecule has 3 heterocycles. The Labute approximate surface area is 200 Å². The van der Waals surface area contributed by atoms with Crippen molar-refractivity contribution in [3.8, 4) is 28.3 Å². The van der Waals surface area contributed by atoms with Crippen LogP contribution in [0.1, 0.15) is 29.4 Å². The number of rotatable bonds is 6. The topological polar surface area (TPSA) is 93.7 Å². The predicted molar refractivity (Wildman–Crippen MR) is 131 cm³/mol. The van der Waals surface area contributed by atoms with E-state index >= 15 is 0 Å². The number of fused-ring (bicyclic) bond motifs is 1. The van der Waals surface area contributed by atoms with Gasteiger partial charge in [-0.1, -0.05) is 55.5 Å². The number of tetrazole rings is 1. The Morgan fingerprint density at radius 1 is 1.09 bits per heavy atom. The molecule has 1 N–H and O–H groups in total. The van der Waals surface area contributed by atoms with Crippen LogP contribution in [0.2, 0.25) is 0 Å². The predicted octanol–water partition coefficient (Wildman–Crippen LogP) is 4.30. The summed E-state index contributed by atoms with van der Waals surface area (Å²) in [7, 11) is -0.845. The van der Waals surface area contributed by atoms with Gasteiger partial charge >= 0.3 is 0 Å². The van der Waals surface area contributed by atoms with Crippen molar-refractivity contribution in [2.45, 2.75) is 32.1 Å². The van der Waals surface area contributed by atoms with E-state index in [4.69, 9.17) is 9.72 Å². The molecule has 1 aliphatic heterocycles. The number of hydrogen-bond donors (Lipinski definition) is 1. The summed E-state index contributed by atoms with van der Waals surface area (Å²) in [5.74, 6) is 2.58. The molecule has 7 nitrogen and oxygen atoms in total. The Kier molecular flexibility index (Phi) is 7.15. The number of aromatic nitrogens is 5. The largest absolute Gasteiger partial charge is 0.488 e. The van der Waals surface area contributed by atoms with Gasteiger partial charge in [-0.2, -0.15) is 5.21 Å². The molecular formula is C24H24ClN5O2S. The van der Waals surface area contributed by atoms with Gasteiger partial charge in [-0.15, -0.1) is 22.6 Å². The summed E-state index contributed by atoms with van der Waals surface area (Å²) < 4.78 is 18.3. The standard InChI is InChI=1S/C24H23N5O2S.ClH/c1-2-18-13-23(21-15-32(30)12-11-22(21)25-18)31-14-16-7-9-17(10-8-16)19-5-3-4-6-20(19)24-26-28-29-27-24;/h3-10,13H,2,11-12,14-15H2,1H3,(H,26,27,28,29);1H. The van der Waals surface area contributed by atoms with Gasteiger partial charge in [0.15, 0.2) is 0 Å². The van der Waals surface area contributed by atoms with E-state index in [0.29, 0.717) is 23.9 Å². The number of H-pyrrole nitrogens is 1. The highest BCUT2D eigenvalue weighted by Gasteiger charge is 2.21. The van der Waals surface area contributed by atoms with Gasteiger partial charge in [-0.05, 0) is 28.3 Å². The molecule has 1 unspecified atom stereocenters. The van der Waals surface area contributed by atoms with E-state index in [-0.39, 0.29) is 12.4 Å². The number of halogens is 1. The van der Waals surface area contributed by atoms with E-state index in [1.165, 1.54) is 0 Å². The molecule has 33 heavy (non-hydrogen) atoms. The SMILES string of the molecule is CCc1cc(OCc2ccc(-c3ccccc3-c3nn[nH]n3)cc2)c2c(n1)CCS(=O)C2.Cl. The maximum atomic E-state index is 12.1. The summed E-state index contributed by atoms with van der Waals surface area (Å²) in [6.07, 6.45) is 1.60. The highest BCUT2D eigenvalue weighted by atomic mass is 35.5. The lowest BCUT2D eigenvalue weighted by Crippen LogP contribution is -2.17. The second kappa shape index (κ2) is 10.2. The van der Waals surface area contributed by atoms with E-state index in [9.17, 15) is 4.21 Å². The lowest BCUT2D eigenvalue weighted by atomic mass is 9.98. The third kappa shape index (κ3) is 4.96. The molecule has 1 atom stereocenters. The molecule has 0 aliphatic carbocycles. The first-order valence-electron chi connectivity index (χ1n) is 10.6. The quantitative estimate of drug-likeness (QED) is 0.441. The fourth-order valence-corrected chi connectivity index (χ4v) is 5.11. The number of benzene rings is 2. The Balaban J connectivity index is 0.00000259. The smallest absolute Gasteiger partial charge is 0.205 e. The summed E-state index contributed by atoms with van der Waals surface area (Å²) in [6.45, 7) is 2.53. The zero-order chi connectivity index (χ0) is 21.9. The average Bonchev–Trinajstić information content (AvgIpc) is 3.38. The van der Waals surface area contributed by atoms with Crippen LogP contribution in [0.5, 0.6) is 5.75 Å². The van der Waals surface area contributed by atoms with Gasteiger partial charge in [-0.3, -0.25) is 9.19 Å². The Morgan fingerprint density at radius 3 is 2.61 bits per heavy atom. The lowest BCUT2D eigenvalue weighted by molar-refractivity contribution is 0.302. The van der Waals surface area contributed by atoms with Gasteiger partial charge in [0, 0.05) is 51.6 Å². The molecule has 0 saturated heterocycles. The third-order valence-electron chi connectivity index (χ3n) is 5.63. The van der Waals surface area contributed by atoms with Crippen LogP contribution in [0.15, 0.2) is 54.6 Å². The molecule has 2 aromatic heterocycles. The van der Waals surface area contributed by atoms with Crippen molar-refractivity contribution < 1.29 is 8.95 Å². The van der Waals surface area contributed by atoms with Gasteiger partial charge in [0.05, 0.1) is 5.75 Å². The normalized spacial score (nSPS) is 14.9. The first kappa shape index (κ1) is 23.1. The minimum Gasteiger partial charge on any atom is -0.488 e. The van der Waals surface area contributed by atoms with Gasteiger partial charge in [0.25, 0.3) is 0 Å². The van der Waals surface area contributed by atoms with E-state index in [1.807, 2.05) is 30.3 Å².